The zero-order chi connectivity index (χ0) is 22.1. The number of aromatic nitrogens is 4. The van der Waals surface area contributed by atoms with Crippen molar-refractivity contribution in [2.75, 3.05) is 10.6 Å². The minimum absolute atomic E-state index is 0.264. The molecule has 3 N–H and O–H groups in total. The first-order valence-corrected chi connectivity index (χ1v) is 10.6. The van der Waals surface area contributed by atoms with Crippen LogP contribution < -0.4 is 10.6 Å². The highest BCUT2D eigenvalue weighted by atomic mass is 32.1. The predicted octanol–water partition coefficient (Wildman–Crippen LogP) is 5.52. The molecule has 3 heterocycles. The van der Waals surface area contributed by atoms with Gasteiger partial charge in [-0.1, -0.05) is 35.6 Å². The fraction of sp³-hybridized carbons (Fsp3) is 0.0435. The largest absolute Gasteiger partial charge is 0.320 e. The summed E-state index contributed by atoms with van der Waals surface area (Å²) in [5, 5.41) is 14.3. The first-order chi connectivity index (χ1) is 15.6. The summed E-state index contributed by atoms with van der Waals surface area (Å²) in [6, 6.07) is 15.6. The third-order valence-electron chi connectivity index (χ3n) is 4.93. The number of nitrogens with one attached hydrogen (secondary N) is 3. The van der Waals surface area contributed by atoms with Crippen molar-refractivity contribution >= 4 is 44.8 Å². The van der Waals surface area contributed by atoms with E-state index in [0.29, 0.717) is 32.8 Å². The maximum atomic E-state index is 14.1. The van der Waals surface area contributed by atoms with Crippen molar-refractivity contribution < 1.29 is 9.18 Å². The highest BCUT2D eigenvalue weighted by Gasteiger charge is 2.15. The summed E-state index contributed by atoms with van der Waals surface area (Å²) in [6.07, 6.45) is 3.19. The molecule has 158 valence electrons. The molecule has 7 nitrogen and oxygen atoms in total. The molecule has 0 bridgehead atoms. The highest BCUT2D eigenvalue weighted by Crippen LogP contribution is 2.28. The van der Waals surface area contributed by atoms with Gasteiger partial charge in [0.05, 0.1) is 29.3 Å². The summed E-state index contributed by atoms with van der Waals surface area (Å²) in [4.78, 5) is 22.0. The summed E-state index contributed by atoms with van der Waals surface area (Å²) >= 11 is 1.20. The van der Waals surface area contributed by atoms with Crippen LogP contribution in [0.25, 0.3) is 22.2 Å². The summed E-state index contributed by atoms with van der Waals surface area (Å²) in [6.45, 7) is 1.93. The molecular weight excluding hydrogens is 427 g/mol. The Morgan fingerprint density at radius 3 is 2.81 bits per heavy atom. The summed E-state index contributed by atoms with van der Waals surface area (Å²) < 4.78 is 14.1. The number of thiazole rings is 1. The van der Waals surface area contributed by atoms with E-state index in [9.17, 15) is 9.18 Å². The first-order valence-electron chi connectivity index (χ1n) is 9.77. The molecule has 3 aromatic heterocycles. The van der Waals surface area contributed by atoms with Crippen molar-refractivity contribution in [3.05, 3.63) is 83.2 Å². The molecule has 0 radical (unpaired) electrons. The van der Waals surface area contributed by atoms with Gasteiger partial charge in [0.1, 0.15) is 16.5 Å². The minimum Gasteiger partial charge on any atom is -0.320 e. The van der Waals surface area contributed by atoms with Crippen molar-refractivity contribution in [2.24, 2.45) is 0 Å². The highest BCUT2D eigenvalue weighted by molar-refractivity contribution is 7.17. The van der Waals surface area contributed by atoms with Crippen LogP contribution in [-0.4, -0.2) is 26.1 Å². The fourth-order valence-electron chi connectivity index (χ4n) is 3.34. The number of rotatable bonds is 5. The van der Waals surface area contributed by atoms with Gasteiger partial charge in [-0.25, -0.2) is 14.4 Å². The Morgan fingerprint density at radius 2 is 1.94 bits per heavy atom. The molecule has 0 spiro atoms. The zero-order valence-electron chi connectivity index (χ0n) is 16.9. The second-order valence-corrected chi connectivity index (χ2v) is 8.12. The second-order valence-electron chi connectivity index (χ2n) is 7.09. The Morgan fingerprint density at radius 1 is 1.06 bits per heavy atom. The monoisotopic (exact) mass is 444 g/mol. The summed E-state index contributed by atoms with van der Waals surface area (Å²) in [5.41, 5.74) is 3.41. The van der Waals surface area contributed by atoms with Crippen LogP contribution in [0.1, 0.15) is 15.2 Å². The molecular formula is C23H17FN6OS. The third-order valence-corrected chi connectivity index (χ3v) is 5.85. The Balaban J connectivity index is 1.35. The maximum Gasteiger partial charge on any atom is 0.267 e. The molecule has 9 heteroatoms. The van der Waals surface area contributed by atoms with Gasteiger partial charge in [0, 0.05) is 10.9 Å². The van der Waals surface area contributed by atoms with E-state index in [0.717, 1.165) is 16.5 Å². The molecule has 0 fully saturated rings. The number of pyridine rings is 1. The molecule has 0 saturated heterocycles. The number of aromatic amines is 1. The lowest BCUT2D eigenvalue weighted by atomic mass is 10.1. The number of hydrogen-bond donors (Lipinski definition) is 3. The lowest BCUT2D eigenvalue weighted by Gasteiger charge is -2.08. The molecule has 5 aromatic rings. The van der Waals surface area contributed by atoms with E-state index in [1.165, 1.54) is 23.6 Å². The van der Waals surface area contributed by atoms with Crippen LogP contribution in [-0.2, 0) is 0 Å². The van der Waals surface area contributed by atoms with Gasteiger partial charge in [-0.05, 0) is 42.8 Å². The molecule has 32 heavy (non-hydrogen) atoms. The second kappa shape index (κ2) is 8.20. The summed E-state index contributed by atoms with van der Waals surface area (Å²) in [7, 11) is 0. The van der Waals surface area contributed by atoms with Crippen LogP contribution in [0.2, 0.25) is 0 Å². The smallest absolute Gasteiger partial charge is 0.267 e. The Kier molecular flexibility index (Phi) is 5.08. The van der Waals surface area contributed by atoms with Crippen molar-refractivity contribution in [3.8, 4) is 11.3 Å². The SMILES string of the molecule is Cc1ccc2[nH]ncc2c1NC(=O)c1cnc(Nc2cccc(-c3ccccc3F)n2)s1. The van der Waals surface area contributed by atoms with Crippen LogP contribution >= 0.6 is 11.3 Å². The van der Waals surface area contributed by atoms with Gasteiger partial charge in [-0.3, -0.25) is 9.89 Å². The topological polar surface area (TPSA) is 95.6 Å². The molecule has 0 saturated carbocycles. The van der Waals surface area contributed by atoms with Crippen molar-refractivity contribution in [3.63, 3.8) is 0 Å². The molecule has 0 aliphatic heterocycles. The van der Waals surface area contributed by atoms with E-state index in [1.807, 2.05) is 19.1 Å². The van der Waals surface area contributed by atoms with Crippen LogP contribution in [0.4, 0.5) is 21.0 Å². The number of amides is 1. The zero-order valence-corrected chi connectivity index (χ0v) is 17.7. The van der Waals surface area contributed by atoms with Gasteiger partial charge >= 0.3 is 0 Å². The van der Waals surface area contributed by atoms with Gasteiger partial charge in [0.15, 0.2) is 5.13 Å². The molecule has 0 unspecified atom stereocenters. The average molecular weight is 444 g/mol. The normalized spacial score (nSPS) is 10.9. The number of nitrogens with zero attached hydrogens (tertiary/aromatic N) is 3. The Labute approximate surface area is 186 Å². The molecule has 1 amide bonds. The van der Waals surface area contributed by atoms with Gasteiger partial charge in [0.25, 0.3) is 5.91 Å². The third kappa shape index (κ3) is 3.81. The van der Waals surface area contributed by atoms with Crippen LogP contribution in [0.15, 0.2) is 67.0 Å². The van der Waals surface area contributed by atoms with Gasteiger partial charge < -0.3 is 10.6 Å². The van der Waals surface area contributed by atoms with Gasteiger partial charge in [0.2, 0.25) is 0 Å². The summed E-state index contributed by atoms with van der Waals surface area (Å²) in [5.74, 6) is -0.0974. The van der Waals surface area contributed by atoms with E-state index >= 15 is 0 Å². The molecule has 5 rings (SSSR count). The number of halogens is 1. The molecule has 0 aliphatic rings. The van der Waals surface area contributed by atoms with Crippen molar-refractivity contribution in [1.29, 1.82) is 0 Å². The number of carbonyl (C=O) groups is 1. The minimum atomic E-state index is -0.340. The maximum absolute atomic E-state index is 14.1. The quantitative estimate of drug-likeness (QED) is 0.332. The number of hydrogen-bond acceptors (Lipinski definition) is 6. The molecule has 2 aromatic carbocycles. The van der Waals surface area contributed by atoms with E-state index < -0.39 is 0 Å². The Hall–Kier alpha value is -4.11. The van der Waals surface area contributed by atoms with E-state index in [4.69, 9.17) is 0 Å². The molecule has 0 aliphatic carbocycles. The van der Waals surface area contributed by atoms with Gasteiger partial charge in [-0.15, -0.1) is 0 Å². The fourth-order valence-corrected chi connectivity index (χ4v) is 4.06. The predicted molar refractivity (Wildman–Crippen MR) is 124 cm³/mol. The van der Waals surface area contributed by atoms with Crippen molar-refractivity contribution in [2.45, 2.75) is 6.92 Å². The first kappa shape index (κ1) is 19.8. The lowest BCUT2D eigenvalue weighted by molar-refractivity contribution is 0.103. The van der Waals surface area contributed by atoms with E-state index in [2.05, 4.69) is 30.8 Å². The lowest BCUT2D eigenvalue weighted by Crippen LogP contribution is -2.11. The number of carbonyl (C=O) groups excluding carboxylic acids is 1. The number of H-pyrrole nitrogens is 1. The number of fused-ring (bicyclic) bond motifs is 1. The number of benzene rings is 2. The molecule has 0 atom stereocenters. The standard InChI is InChI=1S/C23H17FN6OS/c1-13-9-10-18-15(11-26-30-18)21(13)29-22(31)19-12-25-23(32-19)28-20-8-4-7-17(27-20)14-5-2-3-6-16(14)24/h2-12H,1H3,(H,26,30)(H,29,31)(H,25,27,28). The van der Waals surface area contributed by atoms with E-state index in [-0.39, 0.29) is 11.7 Å². The van der Waals surface area contributed by atoms with Crippen LogP contribution in [0.3, 0.4) is 0 Å². The van der Waals surface area contributed by atoms with E-state index in [1.54, 1.807) is 42.6 Å². The number of anilines is 3. The Bertz CT molecular complexity index is 1440. The van der Waals surface area contributed by atoms with Gasteiger partial charge in [-0.2, -0.15) is 5.10 Å². The van der Waals surface area contributed by atoms with Crippen molar-refractivity contribution in [1.82, 2.24) is 20.2 Å². The van der Waals surface area contributed by atoms with Crippen LogP contribution in [0.5, 0.6) is 0 Å². The van der Waals surface area contributed by atoms with Crippen LogP contribution in [0, 0.1) is 12.7 Å². The number of aryl methyl sites for hydroxylation is 1. The average Bonchev–Trinajstić information content (AvgIpc) is 3.46.